The number of pyridine rings is 1. The van der Waals surface area contributed by atoms with Gasteiger partial charge in [0.15, 0.2) is 0 Å². The van der Waals surface area contributed by atoms with Gasteiger partial charge in [-0.2, -0.15) is 15.0 Å². The van der Waals surface area contributed by atoms with Crippen LogP contribution in [0.1, 0.15) is 12.8 Å². The number of unbranched alkanes of at least 4 members (excludes halogenated alkanes) is 1. The Morgan fingerprint density at radius 1 is 0.938 bits per heavy atom. The second-order valence-corrected chi connectivity index (χ2v) is 7.88. The summed E-state index contributed by atoms with van der Waals surface area (Å²) in [6, 6.07) is 11.6. The molecular formula is C22H25ClN8O. The molecule has 0 aliphatic carbocycles. The molecule has 2 heterocycles. The number of hydrogen-bond acceptors (Lipinski definition) is 9. The first-order chi connectivity index (χ1) is 15.4. The summed E-state index contributed by atoms with van der Waals surface area (Å²) in [5.41, 5.74) is 14.1. The Morgan fingerprint density at radius 3 is 2.47 bits per heavy atom. The summed E-state index contributed by atoms with van der Waals surface area (Å²) in [6.07, 6.45) is 1.86. The molecular weight excluding hydrogens is 428 g/mol. The molecule has 0 aliphatic rings. The molecule has 0 bridgehead atoms. The number of halogens is 1. The Labute approximate surface area is 190 Å². The lowest BCUT2D eigenvalue weighted by molar-refractivity contribution is 0.415. The fourth-order valence-corrected chi connectivity index (χ4v) is 3.74. The van der Waals surface area contributed by atoms with Gasteiger partial charge in [-0.3, -0.25) is 0 Å². The van der Waals surface area contributed by atoms with E-state index in [9.17, 15) is 0 Å². The van der Waals surface area contributed by atoms with Gasteiger partial charge in [-0.1, -0.05) is 11.6 Å². The first kappa shape index (κ1) is 21.6. The van der Waals surface area contributed by atoms with Crippen LogP contribution < -0.4 is 26.4 Å². The van der Waals surface area contributed by atoms with E-state index < -0.39 is 0 Å². The van der Waals surface area contributed by atoms with Gasteiger partial charge >= 0.3 is 0 Å². The van der Waals surface area contributed by atoms with Crippen molar-refractivity contribution in [3.05, 3.63) is 41.4 Å². The zero-order chi connectivity index (χ0) is 22.7. The van der Waals surface area contributed by atoms with Gasteiger partial charge in [0.1, 0.15) is 5.75 Å². The van der Waals surface area contributed by atoms with Crippen LogP contribution in [0.2, 0.25) is 5.02 Å². The van der Waals surface area contributed by atoms with Crippen molar-refractivity contribution < 1.29 is 4.74 Å². The van der Waals surface area contributed by atoms with Crippen molar-refractivity contribution in [1.82, 2.24) is 19.9 Å². The Hall–Kier alpha value is -3.59. The third-order valence-electron chi connectivity index (χ3n) is 5.16. The van der Waals surface area contributed by atoms with Crippen molar-refractivity contribution in [3.8, 4) is 5.75 Å². The second kappa shape index (κ2) is 9.27. The summed E-state index contributed by atoms with van der Waals surface area (Å²) in [5, 5.41) is 6.28. The molecule has 0 aliphatic heterocycles. The lowest BCUT2D eigenvalue weighted by Crippen LogP contribution is -2.23. The maximum atomic E-state index is 6.20. The second-order valence-electron chi connectivity index (χ2n) is 7.44. The van der Waals surface area contributed by atoms with Crippen LogP contribution in [0.25, 0.3) is 21.8 Å². The zero-order valence-corrected chi connectivity index (χ0v) is 18.7. The van der Waals surface area contributed by atoms with Gasteiger partial charge in [-0.25, -0.2) is 4.98 Å². The number of nitrogens with zero attached hydrogens (tertiary/aromatic N) is 5. The van der Waals surface area contributed by atoms with E-state index in [1.165, 1.54) is 0 Å². The van der Waals surface area contributed by atoms with Crippen LogP contribution in [0.15, 0.2) is 36.4 Å². The molecule has 0 saturated carbocycles. The van der Waals surface area contributed by atoms with Gasteiger partial charge in [0, 0.05) is 35.9 Å². The van der Waals surface area contributed by atoms with Crippen LogP contribution in [0.5, 0.6) is 5.75 Å². The third kappa shape index (κ3) is 4.67. The number of fused-ring (bicyclic) bond motifs is 2. The fraction of sp³-hybridized carbons (Fsp3) is 0.273. The Bertz CT molecular complexity index is 1250. The first-order valence-corrected chi connectivity index (χ1v) is 10.6. The number of nitrogens with one attached hydrogen (secondary N) is 1. The quantitative estimate of drug-likeness (QED) is 0.270. The molecule has 4 aromatic rings. The maximum Gasteiger partial charge on any atom is 0.231 e. The van der Waals surface area contributed by atoms with Gasteiger partial charge < -0.3 is 26.4 Å². The van der Waals surface area contributed by atoms with E-state index in [1.54, 1.807) is 7.11 Å². The summed E-state index contributed by atoms with van der Waals surface area (Å²) < 4.78 is 5.42. The van der Waals surface area contributed by atoms with Crippen molar-refractivity contribution in [2.24, 2.45) is 0 Å². The minimum atomic E-state index is 0.119. The SMILES string of the molecule is COc1ccc2nc3cc(Cl)ccc3c(NCCCCN(C)c3nc(N)nc(N)n3)c2c1. The topological polar surface area (TPSA) is 128 Å². The van der Waals surface area contributed by atoms with Crippen LogP contribution in [-0.4, -0.2) is 47.2 Å². The monoisotopic (exact) mass is 452 g/mol. The van der Waals surface area contributed by atoms with E-state index >= 15 is 0 Å². The number of hydrogen-bond donors (Lipinski definition) is 3. The highest BCUT2D eigenvalue weighted by Gasteiger charge is 2.11. The van der Waals surface area contributed by atoms with Crippen molar-refractivity contribution in [2.75, 3.05) is 48.9 Å². The highest BCUT2D eigenvalue weighted by atomic mass is 35.5. The van der Waals surface area contributed by atoms with E-state index in [1.807, 2.05) is 48.3 Å². The molecule has 32 heavy (non-hydrogen) atoms. The molecule has 0 saturated heterocycles. The molecule has 5 N–H and O–H groups in total. The van der Waals surface area contributed by atoms with E-state index in [-0.39, 0.29) is 11.9 Å². The summed E-state index contributed by atoms with van der Waals surface area (Å²) in [7, 11) is 3.56. The molecule has 2 aromatic carbocycles. The lowest BCUT2D eigenvalue weighted by atomic mass is 10.1. The highest BCUT2D eigenvalue weighted by molar-refractivity contribution is 6.31. The molecule has 10 heteroatoms. The smallest absolute Gasteiger partial charge is 0.231 e. The number of rotatable bonds is 8. The zero-order valence-electron chi connectivity index (χ0n) is 18.0. The standard InChI is InChI=1S/C22H25ClN8O/c1-31(22-29-20(24)28-21(25)30-22)10-4-3-9-26-19-15-7-5-13(23)11-18(15)27-17-8-6-14(32-2)12-16(17)19/h5-8,11-12H,3-4,9-10H2,1-2H3,(H,26,27)(H4,24,25,28,29,30). The Morgan fingerprint density at radius 2 is 1.72 bits per heavy atom. The van der Waals surface area contributed by atoms with Gasteiger partial charge in [0.05, 0.1) is 23.8 Å². The average Bonchev–Trinajstić information content (AvgIpc) is 2.77. The van der Waals surface area contributed by atoms with Crippen molar-refractivity contribution in [2.45, 2.75) is 12.8 Å². The van der Waals surface area contributed by atoms with Gasteiger partial charge in [0.2, 0.25) is 17.8 Å². The first-order valence-electron chi connectivity index (χ1n) is 10.2. The fourth-order valence-electron chi connectivity index (χ4n) is 3.57. The highest BCUT2D eigenvalue weighted by Crippen LogP contribution is 2.34. The van der Waals surface area contributed by atoms with E-state index in [2.05, 4.69) is 20.3 Å². The molecule has 0 atom stereocenters. The van der Waals surface area contributed by atoms with Crippen LogP contribution >= 0.6 is 11.6 Å². The van der Waals surface area contributed by atoms with Gasteiger partial charge in [-0.15, -0.1) is 0 Å². The average molecular weight is 453 g/mol. The lowest BCUT2D eigenvalue weighted by Gasteiger charge is -2.18. The van der Waals surface area contributed by atoms with Crippen molar-refractivity contribution in [3.63, 3.8) is 0 Å². The van der Waals surface area contributed by atoms with E-state index in [4.69, 9.17) is 32.8 Å². The summed E-state index contributed by atoms with van der Waals surface area (Å²) in [6.45, 7) is 1.54. The number of nitrogen functional groups attached to an aromatic ring is 2. The number of nitrogens with two attached hydrogens (primary N) is 2. The third-order valence-corrected chi connectivity index (χ3v) is 5.40. The van der Waals surface area contributed by atoms with E-state index in [0.717, 1.165) is 59.2 Å². The minimum absolute atomic E-state index is 0.119. The number of anilines is 4. The summed E-state index contributed by atoms with van der Waals surface area (Å²) >= 11 is 6.20. The van der Waals surface area contributed by atoms with E-state index in [0.29, 0.717) is 11.0 Å². The largest absolute Gasteiger partial charge is 0.497 e. The van der Waals surface area contributed by atoms with Crippen molar-refractivity contribution in [1.29, 1.82) is 0 Å². The molecule has 166 valence electrons. The maximum absolute atomic E-state index is 6.20. The molecule has 9 nitrogen and oxygen atoms in total. The number of ether oxygens (including phenoxy) is 1. The minimum Gasteiger partial charge on any atom is -0.497 e. The summed E-state index contributed by atoms with van der Waals surface area (Å²) in [4.78, 5) is 18.7. The predicted octanol–water partition coefficient (Wildman–Crippen LogP) is 3.73. The normalized spacial score (nSPS) is 11.1. The summed E-state index contributed by atoms with van der Waals surface area (Å²) in [5.74, 6) is 1.49. The van der Waals surface area contributed by atoms with Crippen LogP contribution in [0.3, 0.4) is 0 Å². The van der Waals surface area contributed by atoms with Crippen molar-refractivity contribution >= 4 is 56.9 Å². The molecule has 0 fully saturated rings. The van der Waals surface area contributed by atoms with Crippen LogP contribution in [0.4, 0.5) is 23.5 Å². The molecule has 0 spiro atoms. The van der Waals surface area contributed by atoms with Gasteiger partial charge in [-0.05, 0) is 49.2 Å². The molecule has 0 unspecified atom stereocenters. The molecule has 2 aromatic heterocycles. The molecule has 0 radical (unpaired) electrons. The number of methoxy groups -OCH3 is 1. The Balaban J connectivity index is 1.48. The van der Waals surface area contributed by atoms with Crippen LogP contribution in [-0.2, 0) is 0 Å². The van der Waals surface area contributed by atoms with Gasteiger partial charge in [0.25, 0.3) is 0 Å². The molecule has 4 rings (SSSR count). The predicted molar refractivity (Wildman–Crippen MR) is 130 cm³/mol. The molecule has 0 amide bonds. The van der Waals surface area contributed by atoms with Crippen LogP contribution in [0, 0.1) is 0 Å². The number of benzene rings is 2. The number of aromatic nitrogens is 4. The Kier molecular flexibility index (Phi) is 6.27.